The summed E-state index contributed by atoms with van der Waals surface area (Å²) in [4.78, 5) is 39.4. The summed E-state index contributed by atoms with van der Waals surface area (Å²) in [5, 5.41) is 2.87. The monoisotopic (exact) mass is 331 g/mol. The molecule has 1 heterocycles. The maximum atomic E-state index is 12.2. The minimum atomic E-state index is -0.211. The van der Waals surface area contributed by atoms with Gasteiger partial charge in [-0.05, 0) is 39.1 Å². The van der Waals surface area contributed by atoms with E-state index in [2.05, 4.69) is 5.32 Å². The van der Waals surface area contributed by atoms with Crippen molar-refractivity contribution in [2.75, 3.05) is 33.7 Å². The molecular formula is C18H25N3O3. The van der Waals surface area contributed by atoms with Crippen molar-refractivity contribution in [3.63, 3.8) is 0 Å². The second-order valence-corrected chi connectivity index (χ2v) is 6.27. The van der Waals surface area contributed by atoms with Gasteiger partial charge in [-0.1, -0.05) is 18.6 Å². The average Bonchev–Trinajstić information content (AvgIpc) is 2.79. The van der Waals surface area contributed by atoms with Crippen LogP contribution in [0.1, 0.15) is 46.4 Å². The number of hydrogen-bond acceptors (Lipinski definition) is 4. The summed E-state index contributed by atoms with van der Waals surface area (Å²) >= 11 is 0. The maximum Gasteiger partial charge on any atom is 0.261 e. The van der Waals surface area contributed by atoms with Crippen LogP contribution in [0.2, 0.25) is 0 Å². The van der Waals surface area contributed by atoms with Crippen LogP contribution in [0.4, 0.5) is 0 Å². The number of benzene rings is 1. The molecule has 0 fully saturated rings. The fourth-order valence-corrected chi connectivity index (χ4v) is 2.68. The zero-order chi connectivity index (χ0) is 17.5. The summed E-state index contributed by atoms with van der Waals surface area (Å²) in [6.07, 6.45) is 2.78. The van der Waals surface area contributed by atoms with Crippen molar-refractivity contribution in [2.24, 2.45) is 0 Å². The third-order valence-electron chi connectivity index (χ3n) is 4.04. The van der Waals surface area contributed by atoms with Crippen LogP contribution < -0.4 is 5.32 Å². The Kier molecular flexibility index (Phi) is 6.49. The highest BCUT2D eigenvalue weighted by molar-refractivity contribution is 6.21. The van der Waals surface area contributed by atoms with E-state index in [0.717, 1.165) is 25.8 Å². The first-order chi connectivity index (χ1) is 11.5. The molecule has 1 N–H and O–H groups in total. The number of nitrogens with zero attached hydrogens (tertiary/aromatic N) is 2. The molecule has 0 spiro atoms. The molecule has 24 heavy (non-hydrogen) atoms. The van der Waals surface area contributed by atoms with Crippen LogP contribution >= 0.6 is 0 Å². The van der Waals surface area contributed by atoms with Crippen LogP contribution in [0.25, 0.3) is 0 Å². The molecule has 2 rings (SSSR count). The minimum Gasteiger partial charge on any atom is -0.355 e. The molecule has 3 amide bonds. The highest BCUT2D eigenvalue weighted by atomic mass is 16.2. The lowest BCUT2D eigenvalue weighted by Crippen LogP contribution is -2.31. The van der Waals surface area contributed by atoms with E-state index in [4.69, 9.17) is 0 Å². The molecule has 1 aromatic carbocycles. The molecule has 1 aliphatic heterocycles. The molecule has 0 unspecified atom stereocenters. The molecule has 0 saturated carbocycles. The van der Waals surface area contributed by atoms with Crippen LogP contribution in [0.3, 0.4) is 0 Å². The number of rotatable bonds is 9. The van der Waals surface area contributed by atoms with Gasteiger partial charge in [-0.25, -0.2) is 0 Å². The molecule has 0 atom stereocenters. The van der Waals surface area contributed by atoms with Gasteiger partial charge in [-0.2, -0.15) is 0 Å². The number of unbranched alkanes of at least 4 members (excludes halogenated alkanes) is 2. The summed E-state index contributed by atoms with van der Waals surface area (Å²) in [5.41, 5.74) is 0.977. The van der Waals surface area contributed by atoms with Gasteiger partial charge in [0.05, 0.1) is 11.1 Å². The molecule has 0 aliphatic carbocycles. The number of likely N-dealkylation sites (N-methyl/N-ethyl adjacent to an activating group) is 1. The Morgan fingerprint density at radius 3 is 2.25 bits per heavy atom. The van der Waals surface area contributed by atoms with Crippen LogP contribution in [-0.2, 0) is 4.79 Å². The van der Waals surface area contributed by atoms with E-state index in [1.807, 2.05) is 19.0 Å². The summed E-state index contributed by atoms with van der Waals surface area (Å²) in [6, 6.07) is 6.91. The Balaban J connectivity index is 1.64. The van der Waals surface area contributed by atoms with Crippen molar-refractivity contribution in [3.8, 4) is 0 Å². The molecule has 6 heteroatoms. The number of carbonyl (C=O) groups excluding carboxylic acids is 3. The third kappa shape index (κ3) is 4.64. The van der Waals surface area contributed by atoms with Gasteiger partial charge in [0, 0.05) is 26.1 Å². The number of hydrogen-bond donors (Lipinski definition) is 1. The Morgan fingerprint density at radius 2 is 1.67 bits per heavy atom. The lowest BCUT2D eigenvalue weighted by molar-refractivity contribution is -0.121. The van der Waals surface area contributed by atoms with Gasteiger partial charge in [-0.15, -0.1) is 0 Å². The predicted octanol–water partition coefficient (Wildman–Crippen LogP) is 1.52. The lowest BCUT2D eigenvalue weighted by atomic mass is 10.1. The molecular weight excluding hydrogens is 306 g/mol. The zero-order valence-corrected chi connectivity index (χ0v) is 14.4. The lowest BCUT2D eigenvalue weighted by Gasteiger charge is -2.13. The summed E-state index contributed by atoms with van der Waals surface area (Å²) in [6.45, 7) is 1.89. The number of amides is 3. The topological polar surface area (TPSA) is 69.7 Å². The highest BCUT2D eigenvalue weighted by Gasteiger charge is 2.34. The molecule has 6 nitrogen and oxygen atoms in total. The SMILES string of the molecule is CN(C)CCNC(=O)CCCCCN1C(=O)c2ccccc2C1=O. The zero-order valence-electron chi connectivity index (χ0n) is 14.4. The van der Waals surface area contributed by atoms with E-state index in [9.17, 15) is 14.4 Å². The second-order valence-electron chi connectivity index (χ2n) is 6.27. The largest absolute Gasteiger partial charge is 0.355 e. The van der Waals surface area contributed by atoms with E-state index >= 15 is 0 Å². The second kappa shape index (κ2) is 8.59. The van der Waals surface area contributed by atoms with E-state index in [0.29, 0.717) is 30.6 Å². The van der Waals surface area contributed by atoms with E-state index in [1.54, 1.807) is 24.3 Å². The third-order valence-corrected chi connectivity index (χ3v) is 4.04. The van der Waals surface area contributed by atoms with Gasteiger partial charge in [0.15, 0.2) is 0 Å². The Hall–Kier alpha value is -2.21. The fourth-order valence-electron chi connectivity index (χ4n) is 2.68. The Morgan fingerprint density at radius 1 is 1.04 bits per heavy atom. The molecule has 0 saturated heterocycles. The normalized spacial score (nSPS) is 13.5. The first-order valence-electron chi connectivity index (χ1n) is 8.37. The highest BCUT2D eigenvalue weighted by Crippen LogP contribution is 2.22. The van der Waals surface area contributed by atoms with Crippen molar-refractivity contribution in [3.05, 3.63) is 35.4 Å². The quantitative estimate of drug-likeness (QED) is 0.550. The Labute approximate surface area is 142 Å². The molecule has 1 aromatic rings. The fraction of sp³-hybridized carbons (Fsp3) is 0.500. The number of nitrogens with one attached hydrogen (secondary N) is 1. The van der Waals surface area contributed by atoms with E-state index in [-0.39, 0.29) is 17.7 Å². The van der Waals surface area contributed by atoms with E-state index in [1.165, 1.54) is 4.90 Å². The average molecular weight is 331 g/mol. The van der Waals surface area contributed by atoms with Gasteiger partial charge in [-0.3, -0.25) is 19.3 Å². The van der Waals surface area contributed by atoms with Crippen molar-refractivity contribution < 1.29 is 14.4 Å². The molecule has 0 radical (unpaired) electrons. The smallest absolute Gasteiger partial charge is 0.261 e. The minimum absolute atomic E-state index is 0.0533. The number of imide groups is 1. The molecule has 0 aromatic heterocycles. The van der Waals surface area contributed by atoms with Crippen molar-refractivity contribution >= 4 is 17.7 Å². The van der Waals surface area contributed by atoms with Crippen LogP contribution in [0.5, 0.6) is 0 Å². The van der Waals surface area contributed by atoms with Gasteiger partial charge in [0.1, 0.15) is 0 Å². The summed E-state index contributed by atoms with van der Waals surface area (Å²) in [5.74, 6) is -0.369. The van der Waals surface area contributed by atoms with Crippen molar-refractivity contribution in [1.29, 1.82) is 0 Å². The van der Waals surface area contributed by atoms with E-state index < -0.39 is 0 Å². The Bertz CT molecular complexity index is 578. The van der Waals surface area contributed by atoms with Crippen LogP contribution in [-0.4, -0.2) is 61.3 Å². The van der Waals surface area contributed by atoms with Crippen molar-refractivity contribution in [2.45, 2.75) is 25.7 Å². The van der Waals surface area contributed by atoms with Crippen LogP contribution in [0.15, 0.2) is 24.3 Å². The molecule has 0 bridgehead atoms. The number of carbonyl (C=O) groups is 3. The molecule has 1 aliphatic rings. The van der Waals surface area contributed by atoms with Crippen molar-refractivity contribution in [1.82, 2.24) is 15.1 Å². The first kappa shape index (κ1) is 18.1. The predicted molar refractivity (Wildman–Crippen MR) is 91.8 cm³/mol. The van der Waals surface area contributed by atoms with Gasteiger partial charge in [0.25, 0.3) is 11.8 Å². The number of fused-ring (bicyclic) bond motifs is 1. The van der Waals surface area contributed by atoms with Crippen LogP contribution in [0, 0.1) is 0 Å². The van der Waals surface area contributed by atoms with Gasteiger partial charge < -0.3 is 10.2 Å². The van der Waals surface area contributed by atoms with Gasteiger partial charge >= 0.3 is 0 Å². The first-order valence-corrected chi connectivity index (χ1v) is 8.37. The van der Waals surface area contributed by atoms with Gasteiger partial charge in [0.2, 0.25) is 5.91 Å². The summed E-state index contributed by atoms with van der Waals surface area (Å²) < 4.78 is 0. The summed E-state index contributed by atoms with van der Waals surface area (Å²) in [7, 11) is 3.93. The maximum absolute atomic E-state index is 12.2. The molecule has 130 valence electrons. The standard InChI is InChI=1S/C18H25N3O3/c1-20(2)13-11-19-16(22)10-4-3-7-12-21-17(23)14-8-5-6-9-15(14)18(21)24/h5-6,8-9H,3-4,7,10-13H2,1-2H3,(H,19,22).